The number of rotatable bonds is 5. The standard InChI is InChI=1S/C22H19F4NO4/c23-18-6-4-14(5-7-18)20(29)27-10-8-15(9-11-27)21(30)31-13-19(28)16-2-1-3-17(12-16)22(24,25)26/h1-7,12,15H,8-11,13H2. The fourth-order valence-corrected chi connectivity index (χ4v) is 3.30. The molecule has 0 saturated carbocycles. The van der Waals surface area contributed by atoms with Crippen molar-refractivity contribution >= 4 is 17.7 Å². The molecule has 0 aliphatic carbocycles. The number of halogens is 4. The summed E-state index contributed by atoms with van der Waals surface area (Å²) in [7, 11) is 0. The SMILES string of the molecule is O=C(COC(=O)C1CCN(C(=O)c2ccc(F)cc2)CC1)c1cccc(C(F)(F)F)c1. The molecule has 0 atom stereocenters. The molecule has 1 saturated heterocycles. The molecule has 2 aromatic rings. The number of nitrogens with zero attached hydrogens (tertiary/aromatic N) is 1. The second-order valence-electron chi connectivity index (χ2n) is 7.18. The highest BCUT2D eigenvalue weighted by atomic mass is 19.4. The highest BCUT2D eigenvalue weighted by Gasteiger charge is 2.32. The number of Topliss-reactive ketones (excluding diaryl/α,β-unsaturated/α-hetero) is 1. The zero-order valence-electron chi connectivity index (χ0n) is 16.3. The van der Waals surface area contributed by atoms with Crippen molar-refractivity contribution in [3.63, 3.8) is 0 Å². The number of ether oxygens (including phenoxy) is 1. The maximum Gasteiger partial charge on any atom is 0.416 e. The molecule has 1 heterocycles. The monoisotopic (exact) mass is 437 g/mol. The fraction of sp³-hybridized carbons (Fsp3) is 0.318. The first-order valence-corrected chi connectivity index (χ1v) is 9.57. The molecule has 0 spiro atoms. The Morgan fingerprint density at radius 1 is 0.968 bits per heavy atom. The average molecular weight is 437 g/mol. The Balaban J connectivity index is 1.49. The lowest BCUT2D eigenvalue weighted by Crippen LogP contribution is -2.40. The number of amides is 1. The van der Waals surface area contributed by atoms with Gasteiger partial charge < -0.3 is 9.64 Å². The Kier molecular flexibility index (Phi) is 6.72. The van der Waals surface area contributed by atoms with Gasteiger partial charge in [0.15, 0.2) is 12.4 Å². The molecule has 2 aromatic carbocycles. The van der Waals surface area contributed by atoms with Crippen molar-refractivity contribution in [1.82, 2.24) is 4.90 Å². The van der Waals surface area contributed by atoms with Gasteiger partial charge in [0.1, 0.15) is 5.82 Å². The summed E-state index contributed by atoms with van der Waals surface area (Å²) in [5.41, 5.74) is -0.806. The van der Waals surface area contributed by atoms with Gasteiger partial charge in [0.05, 0.1) is 11.5 Å². The largest absolute Gasteiger partial charge is 0.457 e. The van der Waals surface area contributed by atoms with Crippen LogP contribution < -0.4 is 0 Å². The molecule has 1 amide bonds. The van der Waals surface area contributed by atoms with E-state index in [0.29, 0.717) is 18.4 Å². The molecule has 164 valence electrons. The Morgan fingerprint density at radius 3 is 2.23 bits per heavy atom. The van der Waals surface area contributed by atoms with E-state index >= 15 is 0 Å². The third kappa shape index (κ3) is 5.68. The van der Waals surface area contributed by atoms with Crippen LogP contribution >= 0.6 is 0 Å². The number of carbonyl (C=O) groups excluding carboxylic acids is 3. The smallest absolute Gasteiger partial charge is 0.416 e. The molecular weight excluding hydrogens is 418 g/mol. The summed E-state index contributed by atoms with van der Waals surface area (Å²) in [6, 6.07) is 9.07. The van der Waals surface area contributed by atoms with Crippen LogP contribution in [0.2, 0.25) is 0 Å². The third-order valence-corrected chi connectivity index (χ3v) is 5.06. The Hall–Kier alpha value is -3.23. The summed E-state index contributed by atoms with van der Waals surface area (Å²) >= 11 is 0. The molecule has 0 aromatic heterocycles. The van der Waals surface area contributed by atoms with E-state index in [1.54, 1.807) is 4.90 Å². The van der Waals surface area contributed by atoms with Gasteiger partial charge in [-0.05, 0) is 49.2 Å². The van der Waals surface area contributed by atoms with Crippen molar-refractivity contribution in [3.8, 4) is 0 Å². The van der Waals surface area contributed by atoms with Crippen LogP contribution in [0.25, 0.3) is 0 Å². The minimum absolute atomic E-state index is 0.192. The van der Waals surface area contributed by atoms with Gasteiger partial charge in [0.25, 0.3) is 5.91 Å². The molecule has 9 heteroatoms. The van der Waals surface area contributed by atoms with E-state index in [4.69, 9.17) is 4.74 Å². The van der Waals surface area contributed by atoms with Crippen LogP contribution in [0.1, 0.15) is 39.1 Å². The fourth-order valence-electron chi connectivity index (χ4n) is 3.30. The maximum absolute atomic E-state index is 13.0. The number of esters is 1. The normalized spacial score (nSPS) is 14.9. The van der Waals surface area contributed by atoms with E-state index in [0.717, 1.165) is 18.2 Å². The van der Waals surface area contributed by atoms with Crippen LogP contribution in [-0.4, -0.2) is 42.3 Å². The van der Waals surface area contributed by atoms with E-state index in [1.807, 2.05) is 0 Å². The van der Waals surface area contributed by atoms with Crippen molar-refractivity contribution in [1.29, 1.82) is 0 Å². The van der Waals surface area contributed by atoms with Gasteiger partial charge in [-0.1, -0.05) is 12.1 Å². The topological polar surface area (TPSA) is 63.7 Å². The molecule has 0 radical (unpaired) electrons. The van der Waals surface area contributed by atoms with Gasteiger partial charge in [-0.2, -0.15) is 13.2 Å². The van der Waals surface area contributed by atoms with Crippen LogP contribution in [0.15, 0.2) is 48.5 Å². The summed E-state index contributed by atoms with van der Waals surface area (Å²) in [6.45, 7) is -0.0794. The van der Waals surface area contributed by atoms with E-state index in [1.165, 1.54) is 30.3 Å². The number of benzene rings is 2. The Bertz CT molecular complexity index is 964. The minimum atomic E-state index is -4.58. The highest BCUT2D eigenvalue weighted by molar-refractivity contribution is 5.98. The van der Waals surface area contributed by atoms with Crippen molar-refractivity contribution < 1.29 is 36.7 Å². The molecule has 31 heavy (non-hydrogen) atoms. The molecule has 3 rings (SSSR count). The predicted molar refractivity (Wildman–Crippen MR) is 102 cm³/mol. The lowest BCUT2D eigenvalue weighted by atomic mass is 9.96. The number of hydrogen-bond acceptors (Lipinski definition) is 4. The summed E-state index contributed by atoms with van der Waals surface area (Å²) in [5.74, 6) is -2.60. The first kappa shape index (κ1) is 22.5. The number of ketones is 1. The number of likely N-dealkylation sites (tertiary alicyclic amines) is 1. The second-order valence-corrected chi connectivity index (χ2v) is 7.18. The van der Waals surface area contributed by atoms with Gasteiger partial charge >= 0.3 is 12.1 Å². The highest BCUT2D eigenvalue weighted by Crippen LogP contribution is 2.29. The minimum Gasteiger partial charge on any atom is -0.457 e. The number of carbonyl (C=O) groups is 3. The van der Waals surface area contributed by atoms with Crippen molar-refractivity contribution in [2.24, 2.45) is 5.92 Å². The quantitative estimate of drug-likeness (QED) is 0.401. The lowest BCUT2D eigenvalue weighted by Gasteiger charge is -2.31. The zero-order valence-corrected chi connectivity index (χ0v) is 16.3. The van der Waals surface area contributed by atoms with Crippen LogP contribution in [0.3, 0.4) is 0 Å². The van der Waals surface area contributed by atoms with Crippen LogP contribution in [0, 0.1) is 11.7 Å². The van der Waals surface area contributed by atoms with E-state index in [9.17, 15) is 31.9 Å². The first-order valence-electron chi connectivity index (χ1n) is 9.57. The summed E-state index contributed by atoms with van der Waals surface area (Å²) in [6.07, 6.45) is -3.93. The predicted octanol–water partition coefficient (Wildman–Crippen LogP) is 4.12. The van der Waals surface area contributed by atoms with Crippen molar-refractivity contribution in [3.05, 3.63) is 71.0 Å². The number of hydrogen-bond donors (Lipinski definition) is 0. The van der Waals surface area contributed by atoms with Gasteiger partial charge in [0.2, 0.25) is 0 Å². The molecule has 1 fully saturated rings. The average Bonchev–Trinajstić information content (AvgIpc) is 2.77. The van der Waals surface area contributed by atoms with Crippen LogP contribution in [0.5, 0.6) is 0 Å². The summed E-state index contributed by atoms with van der Waals surface area (Å²) < 4.78 is 56.3. The van der Waals surface area contributed by atoms with Crippen LogP contribution in [-0.2, 0) is 15.7 Å². The van der Waals surface area contributed by atoms with Gasteiger partial charge in [-0.15, -0.1) is 0 Å². The van der Waals surface area contributed by atoms with Gasteiger partial charge in [-0.3, -0.25) is 14.4 Å². The van der Waals surface area contributed by atoms with Gasteiger partial charge in [0, 0.05) is 24.2 Å². The summed E-state index contributed by atoms with van der Waals surface area (Å²) in [5, 5.41) is 0. The van der Waals surface area contributed by atoms with Gasteiger partial charge in [-0.25, -0.2) is 4.39 Å². The molecule has 1 aliphatic rings. The third-order valence-electron chi connectivity index (χ3n) is 5.06. The van der Waals surface area contributed by atoms with E-state index in [2.05, 4.69) is 0 Å². The maximum atomic E-state index is 13.0. The first-order chi connectivity index (χ1) is 14.6. The van der Waals surface area contributed by atoms with E-state index in [-0.39, 0.29) is 24.6 Å². The summed E-state index contributed by atoms with van der Waals surface area (Å²) in [4.78, 5) is 38.3. The van der Waals surface area contributed by atoms with E-state index < -0.39 is 41.8 Å². The van der Waals surface area contributed by atoms with Crippen LogP contribution in [0.4, 0.5) is 17.6 Å². The molecule has 5 nitrogen and oxygen atoms in total. The molecule has 0 bridgehead atoms. The number of alkyl halides is 3. The second kappa shape index (κ2) is 9.28. The zero-order chi connectivity index (χ0) is 22.6. The molecule has 1 aliphatic heterocycles. The van der Waals surface area contributed by atoms with Crippen molar-refractivity contribution in [2.45, 2.75) is 19.0 Å². The Labute approximate surface area is 175 Å². The molecule has 0 N–H and O–H groups in total. The number of piperidine rings is 1. The van der Waals surface area contributed by atoms with Crippen molar-refractivity contribution in [2.75, 3.05) is 19.7 Å². The molecule has 0 unspecified atom stereocenters. The Morgan fingerprint density at radius 2 is 1.61 bits per heavy atom. The molecular formula is C22H19F4NO4. The lowest BCUT2D eigenvalue weighted by molar-refractivity contribution is -0.148.